The van der Waals surface area contributed by atoms with E-state index in [9.17, 15) is 18.8 Å². The molecular formula is C28H24FN3O4. The number of para-hydroxylation sites is 3. The Morgan fingerprint density at radius 1 is 0.917 bits per heavy atom. The number of hydrogen-bond acceptors (Lipinski definition) is 5. The summed E-state index contributed by atoms with van der Waals surface area (Å²) in [7, 11) is 1.49. The Labute approximate surface area is 207 Å². The standard InChI is InChI=1S/C28H24FN3O4/c1-16-23-24(26(34)32(25(23)33)21-9-5-6-10-22(21)36-2)28(30-16)19-7-3-4-8-20(19)31(27(28)35)15-17-11-13-18(29)14-12-17/h3-14,16,23-24,30H,15H2,1-2H3/t16-,23-,24-,28-/m0/s1. The van der Waals surface area contributed by atoms with Gasteiger partial charge >= 0.3 is 0 Å². The molecule has 1 spiro atoms. The van der Waals surface area contributed by atoms with Crippen LogP contribution in [0.3, 0.4) is 0 Å². The molecule has 3 aliphatic heterocycles. The molecule has 0 unspecified atom stereocenters. The van der Waals surface area contributed by atoms with Crippen LogP contribution in [0.4, 0.5) is 15.8 Å². The first-order valence-corrected chi connectivity index (χ1v) is 11.8. The average molecular weight is 486 g/mol. The van der Waals surface area contributed by atoms with Crippen molar-refractivity contribution in [2.24, 2.45) is 11.8 Å². The van der Waals surface area contributed by atoms with Crippen molar-refractivity contribution in [2.45, 2.75) is 25.0 Å². The zero-order valence-corrected chi connectivity index (χ0v) is 19.8. The number of carbonyl (C=O) groups is 3. The minimum atomic E-state index is -1.38. The van der Waals surface area contributed by atoms with Crippen LogP contribution >= 0.6 is 0 Å². The molecule has 182 valence electrons. The predicted molar refractivity (Wildman–Crippen MR) is 131 cm³/mol. The summed E-state index contributed by atoms with van der Waals surface area (Å²) in [6.07, 6.45) is 0. The summed E-state index contributed by atoms with van der Waals surface area (Å²) < 4.78 is 18.9. The van der Waals surface area contributed by atoms with E-state index in [1.54, 1.807) is 41.3 Å². The van der Waals surface area contributed by atoms with Crippen molar-refractivity contribution in [3.63, 3.8) is 0 Å². The van der Waals surface area contributed by atoms with Gasteiger partial charge in [0.2, 0.25) is 11.8 Å². The van der Waals surface area contributed by atoms with Gasteiger partial charge in [-0.1, -0.05) is 42.5 Å². The molecule has 3 aromatic carbocycles. The van der Waals surface area contributed by atoms with E-state index in [0.717, 1.165) is 5.56 Å². The number of carbonyl (C=O) groups excluding carboxylic acids is 3. The SMILES string of the molecule is COc1ccccc1N1C(=O)[C@H]2[C@H](C)N[C@]3(C(=O)N(Cc4ccc(F)cc4)c4ccccc43)[C@@H]2C1=O. The number of nitrogens with zero attached hydrogens (tertiary/aromatic N) is 2. The van der Waals surface area contributed by atoms with Crippen molar-refractivity contribution < 1.29 is 23.5 Å². The molecule has 3 heterocycles. The van der Waals surface area contributed by atoms with Gasteiger partial charge in [-0.25, -0.2) is 9.29 Å². The van der Waals surface area contributed by atoms with Crippen LogP contribution in [0.1, 0.15) is 18.1 Å². The van der Waals surface area contributed by atoms with E-state index in [0.29, 0.717) is 22.7 Å². The van der Waals surface area contributed by atoms with Crippen molar-refractivity contribution in [3.05, 3.63) is 89.7 Å². The van der Waals surface area contributed by atoms with Gasteiger partial charge in [-0.05, 0) is 42.8 Å². The summed E-state index contributed by atoms with van der Waals surface area (Å²) >= 11 is 0. The lowest BCUT2D eigenvalue weighted by atomic mass is 9.76. The van der Waals surface area contributed by atoms with Gasteiger partial charge in [-0.3, -0.25) is 19.7 Å². The summed E-state index contributed by atoms with van der Waals surface area (Å²) in [5.74, 6) is -2.67. The summed E-state index contributed by atoms with van der Waals surface area (Å²) in [4.78, 5) is 44.8. The first-order valence-electron chi connectivity index (χ1n) is 11.8. The molecule has 0 bridgehead atoms. The predicted octanol–water partition coefficient (Wildman–Crippen LogP) is 3.37. The van der Waals surface area contributed by atoms with Gasteiger partial charge in [0.15, 0.2) is 0 Å². The number of anilines is 2. The number of fused-ring (bicyclic) bond motifs is 4. The maximum Gasteiger partial charge on any atom is 0.253 e. The Kier molecular flexibility index (Phi) is 4.98. The third kappa shape index (κ3) is 2.91. The van der Waals surface area contributed by atoms with Crippen molar-refractivity contribution in [1.82, 2.24) is 5.32 Å². The molecule has 3 amide bonds. The van der Waals surface area contributed by atoms with E-state index in [2.05, 4.69) is 5.32 Å². The second-order valence-electron chi connectivity index (χ2n) is 9.46. The molecule has 0 aromatic heterocycles. The van der Waals surface area contributed by atoms with Crippen LogP contribution in [-0.2, 0) is 26.5 Å². The van der Waals surface area contributed by atoms with Crippen LogP contribution < -0.4 is 19.9 Å². The molecule has 2 saturated heterocycles. The van der Waals surface area contributed by atoms with Crippen molar-refractivity contribution >= 4 is 29.1 Å². The highest BCUT2D eigenvalue weighted by Gasteiger charge is 2.71. The van der Waals surface area contributed by atoms with Crippen LogP contribution in [0.15, 0.2) is 72.8 Å². The number of ether oxygens (including phenoxy) is 1. The van der Waals surface area contributed by atoms with E-state index in [1.165, 1.54) is 24.1 Å². The molecule has 4 atom stereocenters. The maximum absolute atomic E-state index is 14.2. The third-order valence-electron chi connectivity index (χ3n) is 7.59. The number of nitrogens with one attached hydrogen (secondary N) is 1. The second-order valence-corrected chi connectivity index (χ2v) is 9.46. The van der Waals surface area contributed by atoms with Crippen LogP contribution in [-0.4, -0.2) is 30.9 Å². The number of halogens is 1. The Bertz CT molecular complexity index is 1410. The van der Waals surface area contributed by atoms with Crippen molar-refractivity contribution in [3.8, 4) is 5.75 Å². The quantitative estimate of drug-likeness (QED) is 0.574. The molecule has 3 aromatic rings. The normalized spacial score (nSPS) is 26.6. The molecule has 36 heavy (non-hydrogen) atoms. The summed E-state index contributed by atoms with van der Waals surface area (Å²) in [5.41, 5.74) is 1.07. The molecule has 8 heteroatoms. The zero-order valence-electron chi connectivity index (χ0n) is 19.8. The van der Waals surface area contributed by atoms with Crippen molar-refractivity contribution in [2.75, 3.05) is 16.9 Å². The number of hydrogen-bond donors (Lipinski definition) is 1. The lowest BCUT2D eigenvalue weighted by Crippen LogP contribution is -2.54. The van der Waals surface area contributed by atoms with Gasteiger partial charge < -0.3 is 9.64 Å². The minimum Gasteiger partial charge on any atom is -0.495 e. The molecule has 7 nitrogen and oxygen atoms in total. The Balaban J connectivity index is 1.46. The van der Waals surface area contributed by atoms with Gasteiger partial charge in [0.05, 0.1) is 31.2 Å². The van der Waals surface area contributed by atoms with Gasteiger partial charge in [-0.15, -0.1) is 0 Å². The van der Waals surface area contributed by atoms with E-state index in [4.69, 9.17) is 4.74 Å². The lowest BCUT2D eigenvalue weighted by molar-refractivity contribution is -0.132. The fourth-order valence-corrected chi connectivity index (χ4v) is 6.09. The molecular weight excluding hydrogens is 461 g/mol. The molecule has 0 aliphatic carbocycles. The second kappa shape index (κ2) is 7.99. The van der Waals surface area contributed by atoms with E-state index in [1.807, 2.05) is 31.2 Å². The third-order valence-corrected chi connectivity index (χ3v) is 7.59. The fourth-order valence-electron chi connectivity index (χ4n) is 6.09. The average Bonchev–Trinajstić information content (AvgIpc) is 3.43. The minimum absolute atomic E-state index is 0.212. The molecule has 0 radical (unpaired) electrons. The van der Waals surface area contributed by atoms with Gasteiger partial charge in [0.1, 0.15) is 17.1 Å². The van der Waals surface area contributed by atoms with Crippen molar-refractivity contribution in [1.29, 1.82) is 0 Å². The maximum atomic E-state index is 14.2. The molecule has 1 N–H and O–H groups in total. The largest absolute Gasteiger partial charge is 0.495 e. The van der Waals surface area contributed by atoms with Gasteiger partial charge in [-0.2, -0.15) is 0 Å². The Morgan fingerprint density at radius 2 is 1.58 bits per heavy atom. The van der Waals surface area contributed by atoms with Crippen LogP contribution in [0.5, 0.6) is 5.75 Å². The summed E-state index contributed by atoms with van der Waals surface area (Å²) in [6, 6.07) is 19.8. The number of rotatable bonds is 4. The van der Waals surface area contributed by atoms with Crippen LogP contribution in [0.25, 0.3) is 0 Å². The highest BCUT2D eigenvalue weighted by molar-refractivity contribution is 6.26. The van der Waals surface area contributed by atoms with Crippen LogP contribution in [0.2, 0.25) is 0 Å². The van der Waals surface area contributed by atoms with Crippen LogP contribution in [0, 0.1) is 17.7 Å². The molecule has 3 aliphatic rings. The monoisotopic (exact) mass is 485 g/mol. The summed E-state index contributed by atoms with van der Waals surface area (Å²) in [6.45, 7) is 2.05. The zero-order chi connectivity index (χ0) is 25.2. The lowest BCUT2D eigenvalue weighted by Gasteiger charge is -2.30. The first kappa shape index (κ1) is 22.4. The molecule has 2 fully saturated rings. The Morgan fingerprint density at radius 3 is 2.31 bits per heavy atom. The highest BCUT2D eigenvalue weighted by atomic mass is 19.1. The number of methoxy groups -OCH3 is 1. The summed E-state index contributed by atoms with van der Waals surface area (Å²) in [5, 5.41) is 3.37. The number of imide groups is 1. The number of benzene rings is 3. The van der Waals surface area contributed by atoms with E-state index in [-0.39, 0.29) is 24.2 Å². The van der Waals surface area contributed by atoms with Gasteiger partial charge in [0.25, 0.3) is 5.91 Å². The highest BCUT2D eigenvalue weighted by Crippen LogP contribution is 2.55. The Hall–Kier alpha value is -4.04. The fraction of sp³-hybridized carbons (Fsp3) is 0.250. The smallest absolute Gasteiger partial charge is 0.253 e. The molecule has 6 rings (SSSR count). The van der Waals surface area contributed by atoms with E-state index >= 15 is 0 Å². The topological polar surface area (TPSA) is 79.0 Å². The van der Waals surface area contributed by atoms with Gasteiger partial charge in [0, 0.05) is 17.3 Å². The number of amides is 3. The van der Waals surface area contributed by atoms with E-state index < -0.39 is 29.3 Å². The molecule has 0 saturated carbocycles. The first-order chi connectivity index (χ1) is 17.4.